The number of hydrogen-bond donors (Lipinski definition) is 3. The minimum Gasteiger partial charge on any atom is -0.448 e. The molecule has 3 amide bonds. The number of pyridine rings is 1. The number of ether oxygens (including phenoxy) is 2. The number of carbonyl (C=O) groups is 2. The summed E-state index contributed by atoms with van der Waals surface area (Å²) in [5, 5.41) is 5.93. The molecular weight excluding hydrogens is 578 g/mol. The number of aromatic amines is 1. The molecular formula is C28H33ClF2N4O5S. The van der Waals surface area contributed by atoms with Crippen molar-refractivity contribution < 1.29 is 27.8 Å². The molecule has 2 fully saturated rings. The number of alkyl halides is 2. The van der Waals surface area contributed by atoms with Gasteiger partial charge >= 0.3 is 6.03 Å². The van der Waals surface area contributed by atoms with Gasteiger partial charge < -0.3 is 30.0 Å². The fourth-order valence-electron chi connectivity index (χ4n) is 5.73. The lowest BCUT2D eigenvalue weighted by atomic mass is 9.81. The van der Waals surface area contributed by atoms with Crippen molar-refractivity contribution in [2.75, 3.05) is 19.3 Å². The Hall–Kier alpha value is -2.99. The van der Waals surface area contributed by atoms with E-state index in [1.54, 1.807) is 19.9 Å². The van der Waals surface area contributed by atoms with Crippen LogP contribution < -0.4 is 25.7 Å². The highest BCUT2D eigenvalue weighted by molar-refractivity contribution is 7.98. The van der Waals surface area contributed by atoms with Crippen LogP contribution in [0.4, 0.5) is 13.6 Å². The second-order valence-corrected chi connectivity index (χ2v) is 12.4. The van der Waals surface area contributed by atoms with E-state index in [1.807, 2.05) is 19.2 Å². The van der Waals surface area contributed by atoms with Crippen LogP contribution >= 0.6 is 23.4 Å². The van der Waals surface area contributed by atoms with Gasteiger partial charge in [-0.25, -0.2) is 13.6 Å². The van der Waals surface area contributed by atoms with E-state index in [9.17, 15) is 23.2 Å². The summed E-state index contributed by atoms with van der Waals surface area (Å²) in [4.78, 5) is 42.6. The monoisotopic (exact) mass is 610 g/mol. The third kappa shape index (κ3) is 5.86. The van der Waals surface area contributed by atoms with Crippen LogP contribution in [0.15, 0.2) is 21.8 Å². The number of thioether (sulfide) groups is 1. The minimum absolute atomic E-state index is 0.0256. The molecule has 1 atom stereocenters. The second kappa shape index (κ2) is 11.0. The van der Waals surface area contributed by atoms with Crippen LogP contribution in [-0.2, 0) is 6.54 Å². The van der Waals surface area contributed by atoms with Gasteiger partial charge in [-0.2, -0.15) is 0 Å². The smallest absolute Gasteiger partial charge is 0.318 e. The summed E-state index contributed by atoms with van der Waals surface area (Å²) < 4.78 is 38.8. The van der Waals surface area contributed by atoms with Crippen LogP contribution in [0.5, 0.6) is 11.5 Å². The number of halogens is 3. The van der Waals surface area contributed by atoms with Crippen LogP contribution in [0.1, 0.15) is 59.8 Å². The molecule has 1 aromatic carbocycles. The maximum atomic E-state index is 13.2. The zero-order valence-corrected chi connectivity index (χ0v) is 24.9. The number of amides is 3. The molecule has 1 unspecified atom stereocenters. The molecule has 3 N–H and O–H groups in total. The summed E-state index contributed by atoms with van der Waals surface area (Å²) in [6.45, 7) is 4.36. The van der Waals surface area contributed by atoms with Crippen molar-refractivity contribution >= 4 is 35.3 Å². The van der Waals surface area contributed by atoms with Crippen molar-refractivity contribution in [3.05, 3.63) is 49.9 Å². The predicted octanol–water partition coefficient (Wildman–Crippen LogP) is 5.00. The molecule has 3 aliphatic rings. The first-order valence-corrected chi connectivity index (χ1v) is 15.1. The fourth-order valence-corrected chi connectivity index (χ4v) is 6.67. The first-order valence-electron chi connectivity index (χ1n) is 13.5. The van der Waals surface area contributed by atoms with E-state index >= 15 is 0 Å². The van der Waals surface area contributed by atoms with Crippen molar-refractivity contribution in [1.82, 2.24) is 20.5 Å². The zero-order valence-electron chi connectivity index (χ0n) is 23.3. The van der Waals surface area contributed by atoms with Gasteiger partial charge in [0.15, 0.2) is 11.5 Å². The van der Waals surface area contributed by atoms with Crippen LogP contribution in [0, 0.1) is 19.8 Å². The average Bonchev–Trinajstić information content (AvgIpc) is 3.28. The number of nitrogens with zero attached hydrogens (tertiary/aromatic N) is 1. The zero-order chi connectivity index (χ0) is 29.7. The lowest BCUT2D eigenvalue weighted by Gasteiger charge is -2.41. The molecule has 0 radical (unpaired) electrons. The minimum atomic E-state index is -2.80. The number of fused-ring (bicyclic) bond motifs is 1. The molecule has 0 spiro atoms. The number of aromatic nitrogens is 1. The van der Waals surface area contributed by atoms with Crippen LogP contribution in [0.2, 0.25) is 5.02 Å². The van der Waals surface area contributed by atoms with Crippen LogP contribution in [0.25, 0.3) is 0 Å². The molecule has 41 heavy (non-hydrogen) atoms. The molecule has 5 rings (SSSR count). The van der Waals surface area contributed by atoms with Gasteiger partial charge in [-0.3, -0.25) is 9.59 Å². The van der Waals surface area contributed by atoms with Gasteiger partial charge in [0.25, 0.3) is 23.2 Å². The average molecular weight is 611 g/mol. The summed E-state index contributed by atoms with van der Waals surface area (Å²) in [6.07, 6.45) is 4.53. The summed E-state index contributed by atoms with van der Waals surface area (Å²) in [5.41, 5.74) is 1.86. The van der Waals surface area contributed by atoms with Crippen molar-refractivity contribution in [2.45, 2.75) is 75.6 Å². The largest absolute Gasteiger partial charge is 0.448 e. The first kappa shape index (κ1) is 29.5. The van der Waals surface area contributed by atoms with E-state index in [-0.39, 0.29) is 29.1 Å². The third-order valence-electron chi connectivity index (χ3n) is 8.10. The second-order valence-electron chi connectivity index (χ2n) is 11.1. The van der Waals surface area contributed by atoms with Gasteiger partial charge in [0.05, 0.1) is 18.1 Å². The van der Waals surface area contributed by atoms with E-state index in [4.69, 9.17) is 21.1 Å². The number of nitrogens with one attached hydrogen (secondary N) is 3. The molecule has 3 heterocycles. The normalized spacial score (nSPS) is 24.5. The van der Waals surface area contributed by atoms with E-state index in [0.717, 1.165) is 15.5 Å². The maximum absolute atomic E-state index is 13.2. The number of aryl methyl sites for hydroxylation is 1. The summed E-state index contributed by atoms with van der Waals surface area (Å²) >= 11 is 8.00. The lowest BCUT2D eigenvalue weighted by molar-refractivity contribution is -0.122. The van der Waals surface area contributed by atoms with E-state index in [0.29, 0.717) is 53.9 Å². The molecule has 0 bridgehead atoms. The Labute approximate surface area is 245 Å². The Morgan fingerprint density at radius 3 is 2.44 bits per heavy atom. The molecule has 1 saturated carbocycles. The van der Waals surface area contributed by atoms with Crippen LogP contribution in [-0.4, -0.2) is 58.9 Å². The predicted molar refractivity (Wildman–Crippen MR) is 151 cm³/mol. The summed E-state index contributed by atoms with van der Waals surface area (Å²) in [5.74, 6) is -3.47. The van der Waals surface area contributed by atoms with E-state index in [1.165, 1.54) is 11.8 Å². The van der Waals surface area contributed by atoms with E-state index < -0.39 is 36.7 Å². The highest BCUT2D eigenvalue weighted by atomic mass is 35.5. The number of urea groups is 1. The quantitative estimate of drug-likeness (QED) is 0.397. The number of benzene rings is 1. The Morgan fingerprint density at radius 1 is 1.15 bits per heavy atom. The molecule has 9 nitrogen and oxygen atoms in total. The molecule has 13 heteroatoms. The number of rotatable bonds is 6. The van der Waals surface area contributed by atoms with Gasteiger partial charge in [0.2, 0.25) is 0 Å². The molecule has 1 aromatic heterocycles. The lowest BCUT2D eigenvalue weighted by Crippen LogP contribution is -2.62. The van der Waals surface area contributed by atoms with Gasteiger partial charge in [0, 0.05) is 52.7 Å². The number of carbonyl (C=O) groups excluding carboxylic acids is 2. The van der Waals surface area contributed by atoms with Crippen molar-refractivity contribution in [3.8, 4) is 11.5 Å². The highest BCUT2D eigenvalue weighted by Gasteiger charge is 2.49. The summed E-state index contributed by atoms with van der Waals surface area (Å²) in [6, 6.07) is 2.83. The molecule has 2 aromatic rings. The van der Waals surface area contributed by atoms with Crippen LogP contribution in [0.3, 0.4) is 0 Å². The van der Waals surface area contributed by atoms with E-state index in [2.05, 4.69) is 15.6 Å². The molecule has 2 aliphatic heterocycles. The Balaban J connectivity index is 1.23. The Bertz CT molecular complexity index is 1440. The summed E-state index contributed by atoms with van der Waals surface area (Å²) in [7, 11) is 0. The standard InChI is InChI=1S/C28H33ClF2N4O5S/c1-14-9-21(41-4)19(25(37)33-14)11-32-24(36)18-10-20(29)23-22(15(18)2)39-27(3,40-23)16-5-7-17(8-6-16)34-26(38)35-12-28(30,31)13-35/h9-10,16-17H,5-8,11-13H2,1-4H3,(H,32,36)(H,33,37)(H,34,38). The van der Waals surface area contributed by atoms with Crippen molar-refractivity contribution in [3.63, 3.8) is 0 Å². The molecule has 1 saturated heterocycles. The Kier molecular flexibility index (Phi) is 7.92. The van der Waals surface area contributed by atoms with Crippen molar-refractivity contribution in [1.29, 1.82) is 0 Å². The number of likely N-dealkylation sites (tertiary alicyclic amines) is 1. The van der Waals surface area contributed by atoms with Gasteiger partial charge in [-0.15, -0.1) is 11.8 Å². The third-order valence-corrected chi connectivity index (χ3v) is 9.18. The first-order chi connectivity index (χ1) is 19.3. The fraction of sp³-hybridized carbons (Fsp3) is 0.536. The number of H-pyrrole nitrogens is 1. The van der Waals surface area contributed by atoms with Gasteiger partial charge in [-0.1, -0.05) is 11.6 Å². The SMILES string of the molecule is CSc1cc(C)[nH]c(=O)c1CNC(=O)c1cc(Cl)c2c(c1C)OC(C)(C1CCC(NC(=O)N3CC(F)(F)C3)CC1)O2. The Morgan fingerprint density at radius 2 is 1.80 bits per heavy atom. The molecule has 1 aliphatic carbocycles. The molecule has 222 valence electrons. The highest BCUT2D eigenvalue weighted by Crippen LogP contribution is 2.51. The van der Waals surface area contributed by atoms with Gasteiger partial charge in [0.1, 0.15) is 0 Å². The topological polar surface area (TPSA) is 113 Å². The van der Waals surface area contributed by atoms with Crippen molar-refractivity contribution in [2.24, 2.45) is 5.92 Å². The number of hydrogen-bond acceptors (Lipinski definition) is 6. The van der Waals surface area contributed by atoms with Gasteiger partial charge in [-0.05, 0) is 57.9 Å². The maximum Gasteiger partial charge on any atom is 0.318 e.